The maximum absolute atomic E-state index is 11.5. The Morgan fingerprint density at radius 1 is 1.38 bits per heavy atom. The molecule has 2 heterocycles. The Labute approximate surface area is 123 Å². The molecule has 0 radical (unpaired) electrons. The van der Waals surface area contributed by atoms with Crippen LogP contribution >= 0.6 is 0 Å². The Kier molecular flexibility index (Phi) is 4.01. The van der Waals surface area contributed by atoms with E-state index in [2.05, 4.69) is 4.98 Å². The lowest BCUT2D eigenvalue weighted by Gasteiger charge is -2.14. The first-order chi connectivity index (χ1) is 10.3. The number of aryl methyl sites for hydroxylation is 1. The molecule has 1 aromatic heterocycles. The van der Waals surface area contributed by atoms with Gasteiger partial charge in [-0.25, -0.2) is 4.98 Å². The molecule has 3 rings (SSSR count). The van der Waals surface area contributed by atoms with Crippen LogP contribution in [0.15, 0.2) is 42.7 Å². The minimum Gasteiger partial charge on any atom is -0.465 e. The molecule has 1 fully saturated rings. The van der Waals surface area contributed by atoms with Gasteiger partial charge in [0, 0.05) is 18.9 Å². The first kappa shape index (κ1) is 13.8. The van der Waals surface area contributed by atoms with Crippen molar-refractivity contribution in [3.05, 3.63) is 54.1 Å². The van der Waals surface area contributed by atoms with Crippen molar-refractivity contribution in [1.29, 1.82) is 0 Å². The SMILES string of the molecule is O=C1OCC[C@@H]1CCn1ccnc1[C@H](O)c1ccccc1. The Morgan fingerprint density at radius 2 is 2.19 bits per heavy atom. The highest BCUT2D eigenvalue weighted by atomic mass is 16.5. The fraction of sp³-hybridized carbons (Fsp3) is 0.375. The molecule has 0 bridgehead atoms. The summed E-state index contributed by atoms with van der Waals surface area (Å²) >= 11 is 0. The van der Waals surface area contributed by atoms with E-state index in [9.17, 15) is 9.90 Å². The van der Waals surface area contributed by atoms with Crippen LogP contribution in [0.3, 0.4) is 0 Å². The van der Waals surface area contributed by atoms with E-state index in [0.717, 1.165) is 12.0 Å². The third kappa shape index (κ3) is 2.97. The zero-order valence-electron chi connectivity index (χ0n) is 11.7. The second kappa shape index (κ2) is 6.10. The zero-order chi connectivity index (χ0) is 14.7. The monoisotopic (exact) mass is 286 g/mol. The Balaban J connectivity index is 1.70. The van der Waals surface area contributed by atoms with Gasteiger partial charge in [-0.15, -0.1) is 0 Å². The number of cyclic esters (lactones) is 1. The van der Waals surface area contributed by atoms with Gasteiger partial charge in [0.1, 0.15) is 11.9 Å². The molecule has 1 saturated heterocycles. The van der Waals surface area contributed by atoms with Crippen molar-refractivity contribution in [3.8, 4) is 0 Å². The van der Waals surface area contributed by atoms with E-state index in [1.807, 2.05) is 41.1 Å². The van der Waals surface area contributed by atoms with Crippen LogP contribution < -0.4 is 0 Å². The molecule has 1 aliphatic heterocycles. The van der Waals surface area contributed by atoms with E-state index >= 15 is 0 Å². The predicted octanol–water partition coefficient (Wildman–Crippen LogP) is 1.92. The molecule has 1 aromatic carbocycles. The summed E-state index contributed by atoms with van der Waals surface area (Å²) in [6.45, 7) is 1.17. The maximum Gasteiger partial charge on any atom is 0.309 e. The van der Waals surface area contributed by atoms with E-state index in [-0.39, 0.29) is 11.9 Å². The molecule has 1 N–H and O–H groups in total. The van der Waals surface area contributed by atoms with Crippen LogP contribution in [0.1, 0.15) is 30.3 Å². The molecule has 2 atom stereocenters. The van der Waals surface area contributed by atoms with Gasteiger partial charge in [-0.05, 0) is 18.4 Å². The van der Waals surface area contributed by atoms with E-state index in [0.29, 0.717) is 25.4 Å². The van der Waals surface area contributed by atoms with E-state index in [1.165, 1.54) is 0 Å². The predicted molar refractivity (Wildman–Crippen MR) is 76.4 cm³/mol. The van der Waals surface area contributed by atoms with Crippen LogP contribution in [0, 0.1) is 5.92 Å². The van der Waals surface area contributed by atoms with Crippen LogP contribution in [-0.4, -0.2) is 27.2 Å². The van der Waals surface area contributed by atoms with Crippen LogP contribution in [0.25, 0.3) is 0 Å². The lowest BCUT2D eigenvalue weighted by Crippen LogP contribution is -2.14. The molecule has 5 nitrogen and oxygen atoms in total. The van der Waals surface area contributed by atoms with Crippen molar-refractivity contribution >= 4 is 5.97 Å². The molecule has 5 heteroatoms. The fourth-order valence-electron chi connectivity index (χ4n) is 2.64. The molecular weight excluding hydrogens is 268 g/mol. The first-order valence-electron chi connectivity index (χ1n) is 7.16. The summed E-state index contributed by atoms with van der Waals surface area (Å²) in [5, 5.41) is 10.4. The second-order valence-corrected chi connectivity index (χ2v) is 5.23. The second-order valence-electron chi connectivity index (χ2n) is 5.23. The van der Waals surface area contributed by atoms with Crippen LogP contribution in [-0.2, 0) is 16.1 Å². The van der Waals surface area contributed by atoms with Crippen molar-refractivity contribution in [3.63, 3.8) is 0 Å². The third-order valence-corrected chi connectivity index (χ3v) is 3.87. The number of imidazole rings is 1. The lowest BCUT2D eigenvalue weighted by atomic mass is 10.0. The van der Waals surface area contributed by atoms with Gasteiger partial charge in [0.15, 0.2) is 0 Å². The summed E-state index contributed by atoms with van der Waals surface area (Å²) in [6, 6.07) is 9.44. The van der Waals surface area contributed by atoms with Gasteiger partial charge in [0.25, 0.3) is 0 Å². The molecule has 0 amide bonds. The summed E-state index contributed by atoms with van der Waals surface area (Å²) in [5.74, 6) is 0.460. The van der Waals surface area contributed by atoms with Gasteiger partial charge in [-0.1, -0.05) is 30.3 Å². The number of carbonyl (C=O) groups is 1. The first-order valence-corrected chi connectivity index (χ1v) is 7.16. The van der Waals surface area contributed by atoms with Crippen LogP contribution in [0.5, 0.6) is 0 Å². The molecule has 0 saturated carbocycles. The third-order valence-electron chi connectivity index (χ3n) is 3.87. The van der Waals surface area contributed by atoms with Crippen molar-refractivity contribution in [2.75, 3.05) is 6.61 Å². The zero-order valence-corrected chi connectivity index (χ0v) is 11.7. The number of carbonyl (C=O) groups excluding carboxylic acids is 1. The van der Waals surface area contributed by atoms with Crippen molar-refractivity contribution in [2.24, 2.45) is 5.92 Å². The van der Waals surface area contributed by atoms with Gasteiger partial charge >= 0.3 is 5.97 Å². The highest BCUT2D eigenvalue weighted by Gasteiger charge is 2.26. The minimum absolute atomic E-state index is 0.0332. The van der Waals surface area contributed by atoms with Gasteiger partial charge in [-0.2, -0.15) is 0 Å². The molecular formula is C16H18N2O3. The Morgan fingerprint density at radius 3 is 2.90 bits per heavy atom. The summed E-state index contributed by atoms with van der Waals surface area (Å²) in [6.07, 6.45) is 4.25. The Bertz CT molecular complexity index is 609. The Hall–Kier alpha value is -2.14. The van der Waals surface area contributed by atoms with Crippen molar-refractivity contribution in [1.82, 2.24) is 9.55 Å². The normalized spacial score (nSPS) is 19.5. The molecule has 1 aliphatic rings. The molecule has 0 unspecified atom stereocenters. The quantitative estimate of drug-likeness (QED) is 0.853. The van der Waals surface area contributed by atoms with Gasteiger partial charge in [0.05, 0.1) is 12.5 Å². The molecule has 0 aliphatic carbocycles. The summed E-state index contributed by atoms with van der Waals surface area (Å²) in [5.41, 5.74) is 0.810. The van der Waals surface area contributed by atoms with Crippen LogP contribution in [0.4, 0.5) is 0 Å². The average molecular weight is 286 g/mol. The number of benzene rings is 1. The number of aromatic nitrogens is 2. The largest absolute Gasteiger partial charge is 0.465 e. The standard InChI is InChI=1S/C16H18N2O3/c19-14(12-4-2-1-3-5-12)15-17-8-10-18(15)9-6-13-7-11-21-16(13)20/h1-5,8,10,13-14,19H,6-7,9,11H2/t13-,14+/m0/s1. The average Bonchev–Trinajstić information content (AvgIpc) is 3.14. The number of hydrogen-bond donors (Lipinski definition) is 1. The number of aliphatic hydroxyl groups is 1. The molecule has 0 spiro atoms. The number of hydrogen-bond acceptors (Lipinski definition) is 4. The number of esters is 1. The van der Waals surface area contributed by atoms with Crippen molar-refractivity contribution in [2.45, 2.75) is 25.5 Å². The maximum atomic E-state index is 11.5. The van der Waals surface area contributed by atoms with E-state index < -0.39 is 6.10 Å². The number of aliphatic hydroxyl groups excluding tert-OH is 1. The lowest BCUT2D eigenvalue weighted by molar-refractivity contribution is -0.141. The van der Waals surface area contributed by atoms with Crippen LogP contribution in [0.2, 0.25) is 0 Å². The minimum atomic E-state index is -0.753. The van der Waals surface area contributed by atoms with Crippen molar-refractivity contribution < 1.29 is 14.6 Å². The highest BCUT2D eigenvalue weighted by Crippen LogP contribution is 2.23. The van der Waals surface area contributed by atoms with Gasteiger partial charge in [-0.3, -0.25) is 4.79 Å². The highest BCUT2D eigenvalue weighted by molar-refractivity contribution is 5.73. The fourth-order valence-corrected chi connectivity index (χ4v) is 2.64. The molecule has 110 valence electrons. The van der Waals surface area contributed by atoms with Gasteiger partial charge in [0.2, 0.25) is 0 Å². The smallest absolute Gasteiger partial charge is 0.309 e. The van der Waals surface area contributed by atoms with E-state index in [4.69, 9.17) is 4.74 Å². The van der Waals surface area contributed by atoms with Gasteiger partial charge < -0.3 is 14.4 Å². The molecule has 2 aromatic rings. The topological polar surface area (TPSA) is 64.4 Å². The number of rotatable bonds is 5. The number of nitrogens with zero attached hydrogens (tertiary/aromatic N) is 2. The summed E-state index contributed by atoms with van der Waals surface area (Å²) in [7, 11) is 0. The molecule has 21 heavy (non-hydrogen) atoms. The summed E-state index contributed by atoms with van der Waals surface area (Å²) < 4.78 is 6.88. The number of ether oxygens (including phenoxy) is 1. The summed E-state index contributed by atoms with van der Waals surface area (Å²) in [4.78, 5) is 15.7. The van der Waals surface area contributed by atoms with E-state index in [1.54, 1.807) is 6.20 Å².